The Morgan fingerprint density at radius 1 is 1.29 bits per heavy atom. The Morgan fingerprint density at radius 3 is 2.62 bits per heavy atom. The lowest BCUT2D eigenvalue weighted by molar-refractivity contribution is -0.117. The van der Waals surface area contributed by atoms with E-state index in [2.05, 4.69) is 15.4 Å². The highest BCUT2D eigenvalue weighted by Crippen LogP contribution is 2.25. The van der Waals surface area contributed by atoms with Crippen molar-refractivity contribution in [1.82, 2.24) is 19.3 Å². The molecule has 0 radical (unpaired) electrons. The fraction of sp³-hybridized carbons (Fsp3) is 0.389. The standard InChI is InChI=1S/C18H23N5O/c1-6-23-15-10-8-7-9-14(15)19-18(23)20-17(24)11(2)16-12(3)21-22(5)13(16)4/h7-11H,6H2,1-5H3,(H,19,20,24)/t11-/m1/s1. The molecule has 6 nitrogen and oxygen atoms in total. The van der Waals surface area contributed by atoms with Gasteiger partial charge in [0.1, 0.15) is 0 Å². The van der Waals surface area contributed by atoms with Crippen LogP contribution in [-0.4, -0.2) is 25.2 Å². The molecule has 3 aromatic rings. The third-order valence-corrected chi connectivity index (χ3v) is 4.60. The van der Waals surface area contributed by atoms with Crippen LogP contribution in [0.2, 0.25) is 0 Å². The number of nitrogens with zero attached hydrogens (tertiary/aromatic N) is 4. The van der Waals surface area contributed by atoms with Crippen LogP contribution in [0.3, 0.4) is 0 Å². The summed E-state index contributed by atoms with van der Waals surface area (Å²) >= 11 is 0. The van der Waals surface area contributed by atoms with Crippen molar-refractivity contribution in [3.8, 4) is 0 Å². The van der Waals surface area contributed by atoms with E-state index in [0.717, 1.165) is 34.5 Å². The Labute approximate surface area is 141 Å². The number of para-hydroxylation sites is 2. The number of carbonyl (C=O) groups is 1. The van der Waals surface area contributed by atoms with Gasteiger partial charge in [-0.05, 0) is 39.8 Å². The molecule has 0 aliphatic rings. The second-order valence-electron chi connectivity index (χ2n) is 6.09. The van der Waals surface area contributed by atoms with Crippen molar-refractivity contribution in [3.63, 3.8) is 0 Å². The van der Waals surface area contributed by atoms with Gasteiger partial charge in [0.2, 0.25) is 11.9 Å². The van der Waals surface area contributed by atoms with Crippen LogP contribution < -0.4 is 5.32 Å². The van der Waals surface area contributed by atoms with Gasteiger partial charge in [-0.25, -0.2) is 4.98 Å². The van der Waals surface area contributed by atoms with Gasteiger partial charge in [-0.1, -0.05) is 12.1 Å². The number of rotatable bonds is 4. The van der Waals surface area contributed by atoms with E-state index >= 15 is 0 Å². The van der Waals surface area contributed by atoms with Gasteiger partial charge in [0.25, 0.3) is 0 Å². The molecule has 0 saturated heterocycles. The number of nitrogens with one attached hydrogen (secondary N) is 1. The van der Waals surface area contributed by atoms with Crippen LogP contribution in [-0.2, 0) is 18.4 Å². The summed E-state index contributed by atoms with van der Waals surface area (Å²) in [5.41, 5.74) is 4.79. The van der Waals surface area contributed by atoms with Crippen molar-refractivity contribution in [2.45, 2.75) is 40.2 Å². The molecule has 6 heteroatoms. The summed E-state index contributed by atoms with van der Waals surface area (Å²) in [5, 5.41) is 7.39. The summed E-state index contributed by atoms with van der Waals surface area (Å²) < 4.78 is 3.83. The molecule has 1 N–H and O–H groups in total. The van der Waals surface area contributed by atoms with Crippen LogP contribution in [0.1, 0.15) is 36.7 Å². The largest absolute Gasteiger partial charge is 0.310 e. The first-order valence-electron chi connectivity index (χ1n) is 8.20. The third kappa shape index (κ3) is 2.58. The Balaban J connectivity index is 1.92. The Hall–Kier alpha value is -2.63. The van der Waals surface area contributed by atoms with Gasteiger partial charge in [0, 0.05) is 24.8 Å². The summed E-state index contributed by atoms with van der Waals surface area (Å²) in [5.74, 6) is 0.234. The maximum atomic E-state index is 12.8. The molecule has 0 fully saturated rings. The normalized spacial score (nSPS) is 12.5. The van der Waals surface area contributed by atoms with Gasteiger partial charge >= 0.3 is 0 Å². The van der Waals surface area contributed by atoms with Crippen molar-refractivity contribution in [1.29, 1.82) is 0 Å². The van der Waals surface area contributed by atoms with Gasteiger partial charge in [-0.2, -0.15) is 5.10 Å². The summed E-state index contributed by atoms with van der Waals surface area (Å²) in [6, 6.07) is 7.90. The maximum absolute atomic E-state index is 12.8. The molecule has 2 aromatic heterocycles. The summed E-state index contributed by atoms with van der Waals surface area (Å²) in [6.45, 7) is 8.62. The van der Waals surface area contributed by atoms with Gasteiger partial charge in [-0.3, -0.25) is 14.8 Å². The minimum absolute atomic E-state index is 0.0702. The topological polar surface area (TPSA) is 64.7 Å². The molecule has 126 valence electrons. The maximum Gasteiger partial charge on any atom is 0.234 e. The fourth-order valence-electron chi connectivity index (χ4n) is 3.26. The zero-order chi connectivity index (χ0) is 17.4. The van der Waals surface area contributed by atoms with E-state index in [4.69, 9.17) is 0 Å². The average Bonchev–Trinajstić information content (AvgIpc) is 3.03. The predicted molar refractivity (Wildman–Crippen MR) is 95.1 cm³/mol. The van der Waals surface area contributed by atoms with E-state index in [1.54, 1.807) is 0 Å². The number of fused-ring (bicyclic) bond motifs is 1. The van der Waals surface area contributed by atoms with E-state index in [1.807, 2.05) is 68.3 Å². The van der Waals surface area contributed by atoms with E-state index in [0.29, 0.717) is 5.95 Å². The second kappa shape index (κ2) is 6.11. The zero-order valence-electron chi connectivity index (χ0n) is 14.8. The van der Waals surface area contributed by atoms with Crippen LogP contribution >= 0.6 is 0 Å². The molecule has 0 bridgehead atoms. The van der Waals surface area contributed by atoms with Crippen LogP contribution in [0.5, 0.6) is 0 Å². The van der Waals surface area contributed by atoms with E-state index in [-0.39, 0.29) is 11.8 Å². The zero-order valence-corrected chi connectivity index (χ0v) is 14.8. The molecule has 3 rings (SSSR count). The third-order valence-electron chi connectivity index (χ3n) is 4.60. The molecular formula is C18H23N5O. The molecule has 0 saturated carbocycles. The fourth-order valence-corrected chi connectivity index (χ4v) is 3.26. The highest BCUT2D eigenvalue weighted by atomic mass is 16.2. The smallest absolute Gasteiger partial charge is 0.234 e. The summed E-state index contributed by atoms with van der Waals surface area (Å²) in [7, 11) is 1.90. The molecule has 0 spiro atoms. The number of carbonyl (C=O) groups excluding carboxylic acids is 1. The number of anilines is 1. The molecule has 0 aliphatic heterocycles. The SMILES string of the molecule is CCn1c(NC(=O)[C@H](C)c2c(C)nn(C)c2C)nc2ccccc21. The first kappa shape index (κ1) is 16.2. The highest BCUT2D eigenvalue weighted by molar-refractivity contribution is 5.96. The van der Waals surface area contributed by atoms with Crippen LogP contribution in [0.4, 0.5) is 5.95 Å². The Kier molecular flexibility index (Phi) is 4.13. The molecule has 24 heavy (non-hydrogen) atoms. The molecule has 0 aliphatic carbocycles. The average molecular weight is 325 g/mol. The van der Waals surface area contributed by atoms with Gasteiger partial charge in [-0.15, -0.1) is 0 Å². The van der Waals surface area contributed by atoms with Crippen molar-refractivity contribution in [3.05, 3.63) is 41.2 Å². The molecular weight excluding hydrogens is 302 g/mol. The summed E-state index contributed by atoms with van der Waals surface area (Å²) in [6.07, 6.45) is 0. The number of aryl methyl sites for hydroxylation is 3. The number of imidazole rings is 1. The number of hydrogen-bond acceptors (Lipinski definition) is 3. The first-order chi connectivity index (χ1) is 11.4. The van der Waals surface area contributed by atoms with Gasteiger partial charge in [0.15, 0.2) is 0 Å². The van der Waals surface area contributed by atoms with E-state index in [9.17, 15) is 4.79 Å². The lowest BCUT2D eigenvalue weighted by Gasteiger charge is -2.13. The molecule has 2 heterocycles. The van der Waals surface area contributed by atoms with Gasteiger partial charge in [0.05, 0.1) is 22.6 Å². The minimum atomic E-state index is -0.288. The lowest BCUT2D eigenvalue weighted by atomic mass is 9.98. The van der Waals surface area contributed by atoms with Gasteiger partial charge < -0.3 is 4.57 Å². The predicted octanol–water partition coefficient (Wildman–Crippen LogP) is 3.15. The monoisotopic (exact) mass is 325 g/mol. The molecule has 1 amide bonds. The van der Waals surface area contributed by atoms with Crippen molar-refractivity contribution >= 4 is 22.9 Å². The van der Waals surface area contributed by atoms with E-state index in [1.165, 1.54) is 0 Å². The van der Waals surface area contributed by atoms with Crippen LogP contribution in [0.25, 0.3) is 11.0 Å². The Morgan fingerprint density at radius 2 is 2.00 bits per heavy atom. The number of aromatic nitrogens is 4. The lowest BCUT2D eigenvalue weighted by Crippen LogP contribution is -2.22. The number of benzene rings is 1. The molecule has 0 unspecified atom stereocenters. The Bertz CT molecular complexity index is 906. The quantitative estimate of drug-likeness (QED) is 0.801. The molecule has 1 aromatic carbocycles. The van der Waals surface area contributed by atoms with Crippen LogP contribution in [0, 0.1) is 13.8 Å². The molecule has 1 atom stereocenters. The first-order valence-corrected chi connectivity index (χ1v) is 8.20. The number of hydrogen-bond donors (Lipinski definition) is 1. The number of amides is 1. The van der Waals surface area contributed by atoms with Crippen molar-refractivity contribution < 1.29 is 4.79 Å². The minimum Gasteiger partial charge on any atom is -0.310 e. The summed E-state index contributed by atoms with van der Waals surface area (Å²) in [4.78, 5) is 17.3. The van der Waals surface area contributed by atoms with E-state index < -0.39 is 0 Å². The highest BCUT2D eigenvalue weighted by Gasteiger charge is 2.24. The van der Waals surface area contributed by atoms with Crippen molar-refractivity contribution in [2.24, 2.45) is 7.05 Å². The second-order valence-corrected chi connectivity index (χ2v) is 6.09. The van der Waals surface area contributed by atoms with Crippen molar-refractivity contribution in [2.75, 3.05) is 5.32 Å². The van der Waals surface area contributed by atoms with Crippen LogP contribution in [0.15, 0.2) is 24.3 Å².